The SMILES string of the molecule is O=C(c1cc(Cl)ccc1I)N1CCn2ccnc2C1. The molecule has 0 radical (unpaired) electrons. The Morgan fingerprint density at radius 1 is 1.37 bits per heavy atom. The van der Waals surface area contributed by atoms with Gasteiger partial charge in [-0.25, -0.2) is 4.98 Å². The van der Waals surface area contributed by atoms with Crippen molar-refractivity contribution in [3.63, 3.8) is 0 Å². The molecule has 1 aromatic carbocycles. The maximum absolute atomic E-state index is 12.5. The minimum Gasteiger partial charge on any atom is -0.332 e. The summed E-state index contributed by atoms with van der Waals surface area (Å²) >= 11 is 8.13. The van der Waals surface area contributed by atoms with Crippen molar-refractivity contribution in [3.8, 4) is 0 Å². The van der Waals surface area contributed by atoms with Gasteiger partial charge in [0.2, 0.25) is 0 Å². The van der Waals surface area contributed by atoms with Crippen molar-refractivity contribution in [2.24, 2.45) is 0 Å². The first kappa shape index (κ1) is 12.9. The Morgan fingerprint density at radius 3 is 3.05 bits per heavy atom. The van der Waals surface area contributed by atoms with Gasteiger partial charge >= 0.3 is 0 Å². The molecule has 4 nitrogen and oxygen atoms in total. The van der Waals surface area contributed by atoms with Gasteiger partial charge in [0.05, 0.1) is 12.1 Å². The van der Waals surface area contributed by atoms with E-state index in [1.165, 1.54) is 0 Å². The van der Waals surface area contributed by atoms with Crippen LogP contribution in [0, 0.1) is 3.57 Å². The van der Waals surface area contributed by atoms with Gasteiger partial charge < -0.3 is 9.47 Å². The predicted molar refractivity (Wildman–Crippen MR) is 81.1 cm³/mol. The van der Waals surface area contributed by atoms with Crippen molar-refractivity contribution in [2.75, 3.05) is 6.54 Å². The third-order valence-corrected chi connectivity index (χ3v) is 4.37. The summed E-state index contributed by atoms with van der Waals surface area (Å²) in [5.41, 5.74) is 0.660. The molecule has 2 aromatic rings. The molecule has 0 saturated heterocycles. The number of halogens is 2. The zero-order chi connectivity index (χ0) is 13.4. The number of rotatable bonds is 1. The van der Waals surface area contributed by atoms with E-state index in [2.05, 4.69) is 32.1 Å². The van der Waals surface area contributed by atoms with Gasteiger partial charge in [-0.15, -0.1) is 0 Å². The number of hydrogen-bond acceptors (Lipinski definition) is 2. The van der Waals surface area contributed by atoms with E-state index in [0.717, 1.165) is 15.9 Å². The van der Waals surface area contributed by atoms with E-state index in [4.69, 9.17) is 11.6 Å². The number of aromatic nitrogens is 2. The monoisotopic (exact) mass is 387 g/mol. The van der Waals surface area contributed by atoms with Crippen LogP contribution in [-0.4, -0.2) is 26.9 Å². The highest BCUT2D eigenvalue weighted by Gasteiger charge is 2.23. The van der Waals surface area contributed by atoms with Crippen molar-refractivity contribution in [3.05, 3.63) is 50.6 Å². The lowest BCUT2D eigenvalue weighted by molar-refractivity contribution is 0.0706. The molecule has 1 aliphatic rings. The lowest BCUT2D eigenvalue weighted by atomic mass is 10.2. The summed E-state index contributed by atoms with van der Waals surface area (Å²) in [6.07, 6.45) is 3.72. The third-order valence-electron chi connectivity index (χ3n) is 3.19. The molecule has 0 fully saturated rings. The molecule has 6 heteroatoms. The highest BCUT2D eigenvalue weighted by Crippen LogP contribution is 2.21. The van der Waals surface area contributed by atoms with Crippen LogP contribution in [-0.2, 0) is 13.1 Å². The molecule has 1 amide bonds. The van der Waals surface area contributed by atoms with E-state index >= 15 is 0 Å². The van der Waals surface area contributed by atoms with Crippen molar-refractivity contribution >= 4 is 40.1 Å². The minimum absolute atomic E-state index is 0.0150. The fourth-order valence-corrected chi connectivity index (χ4v) is 2.92. The van der Waals surface area contributed by atoms with Crippen molar-refractivity contribution < 1.29 is 4.79 Å². The molecular weight excluding hydrogens is 377 g/mol. The Bertz CT molecular complexity index is 641. The van der Waals surface area contributed by atoms with Crippen LogP contribution in [0.15, 0.2) is 30.6 Å². The molecular formula is C13H11ClIN3O. The summed E-state index contributed by atoms with van der Waals surface area (Å²) in [5, 5.41) is 0.585. The lowest BCUT2D eigenvalue weighted by Crippen LogP contribution is -2.38. The second kappa shape index (κ2) is 5.13. The van der Waals surface area contributed by atoms with E-state index in [9.17, 15) is 4.79 Å². The number of imidazole rings is 1. The maximum atomic E-state index is 12.5. The van der Waals surface area contributed by atoms with Crippen molar-refractivity contribution in [1.82, 2.24) is 14.5 Å². The van der Waals surface area contributed by atoms with Gasteiger partial charge in [0.15, 0.2) is 0 Å². The highest BCUT2D eigenvalue weighted by atomic mass is 127. The van der Waals surface area contributed by atoms with Gasteiger partial charge in [-0.3, -0.25) is 4.79 Å². The molecule has 19 heavy (non-hydrogen) atoms. The Kier molecular flexibility index (Phi) is 3.49. The normalized spacial score (nSPS) is 14.3. The van der Waals surface area contributed by atoms with E-state index in [1.807, 2.05) is 17.2 Å². The van der Waals surface area contributed by atoms with Gasteiger partial charge in [0.25, 0.3) is 5.91 Å². The van der Waals surface area contributed by atoms with E-state index in [1.54, 1.807) is 18.3 Å². The minimum atomic E-state index is 0.0150. The van der Waals surface area contributed by atoms with Gasteiger partial charge in [-0.2, -0.15) is 0 Å². The van der Waals surface area contributed by atoms with Gasteiger partial charge in [0.1, 0.15) is 5.82 Å². The smallest absolute Gasteiger partial charge is 0.255 e. The summed E-state index contributed by atoms with van der Waals surface area (Å²) in [5.74, 6) is 0.942. The molecule has 98 valence electrons. The standard InChI is InChI=1S/C13H11ClIN3O/c14-9-1-2-11(15)10(7-9)13(19)18-6-5-17-4-3-16-12(17)8-18/h1-4,7H,5-6,8H2. The fourth-order valence-electron chi connectivity index (χ4n) is 2.18. The average molecular weight is 388 g/mol. The fraction of sp³-hybridized carbons (Fsp3) is 0.231. The average Bonchev–Trinajstić information content (AvgIpc) is 2.88. The van der Waals surface area contributed by atoms with Crippen LogP contribution in [0.3, 0.4) is 0 Å². The molecule has 0 atom stereocenters. The quantitative estimate of drug-likeness (QED) is 0.706. The number of fused-ring (bicyclic) bond motifs is 1. The molecule has 0 spiro atoms. The maximum Gasteiger partial charge on any atom is 0.255 e. The summed E-state index contributed by atoms with van der Waals surface area (Å²) in [4.78, 5) is 18.6. The third kappa shape index (κ3) is 2.49. The number of hydrogen-bond donors (Lipinski definition) is 0. The molecule has 0 bridgehead atoms. The second-order valence-electron chi connectivity index (χ2n) is 4.39. The van der Waals surface area contributed by atoms with E-state index in [0.29, 0.717) is 23.7 Å². The van der Waals surface area contributed by atoms with E-state index in [-0.39, 0.29) is 5.91 Å². The molecule has 2 heterocycles. The summed E-state index contributed by atoms with van der Waals surface area (Å²) in [6, 6.07) is 5.39. The zero-order valence-electron chi connectivity index (χ0n) is 10.0. The number of amides is 1. The molecule has 0 N–H and O–H groups in total. The topological polar surface area (TPSA) is 38.1 Å². The summed E-state index contributed by atoms with van der Waals surface area (Å²) in [6.45, 7) is 2.04. The van der Waals surface area contributed by atoms with Crippen LogP contribution < -0.4 is 0 Å². The van der Waals surface area contributed by atoms with Crippen LogP contribution in [0.4, 0.5) is 0 Å². The van der Waals surface area contributed by atoms with E-state index < -0.39 is 0 Å². The Hall–Kier alpha value is -1.08. The van der Waals surface area contributed by atoms with Crippen LogP contribution in [0.1, 0.15) is 16.2 Å². The highest BCUT2D eigenvalue weighted by molar-refractivity contribution is 14.1. The van der Waals surface area contributed by atoms with Crippen LogP contribution in [0.25, 0.3) is 0 Å². The molecule has 0 unspecified atom stereocenters. The molecule has 0 saturated carbocycles. The molecule has 1 aliphatic heterocycles. The van der Waals surface area contributed by atoms with Gasteiger partial charge in [0, 0.05) is 34.1 Å². The molecule has 3 rings (SSSR count). The van der Waals surface area contributed by atoms with Gasteiger partial charge in [-0.05, 0) is 40.8 Å². The number of benzene rings is 1. The summed E-state index contributed by atoms with van der Waals surface area (Å²) in [7, 11) is 0. The van der Waals surface area contributed by atoms with Crippen LogP contribution >= 0.6 is 34.2 Å². The summed E-state index contributed by atoms with van der Waals surface area (Å²) < 4.78 is 2.99. The number of carbonyl (C=O) groups is 1. The Labute approximate surface area is 129 Å². The lowest BCUT2D eigenvalue weighted by Gasteiger charge is -2.28. The van der Waals surface area contributed by atoms with Crippen LogP contribution in [0.2, 0.25) is 5.02 Å². The second-order valence-corrected chi connectivity index (χ2v) is 5.99. The van der Waals surface area contributed by atoms with Crippen molar-refractivity contribution in [1.29, 1.82) is 0 Å². The first-order chi connectivity index (χ1) is 9.15. The number of carbonyl (C=O) groups excluding carboxylic acids is 1. The van der Waals surface area contributed by atoms with Gasteiger partial charge in [-0.1, -0.05) is 11.6 Å². The van der Waals surface area contributed by atoms with Crippen LogP contribution in [0.5, 0.6) is 0 Å². The first-order valence-corrected chi connectivity index (χ1v) is 7.35. The predicted octanol–water partition coefficient (Wildman–Crippen LogP) is 2.80. The molecule has 1 aromatic heterocycles. The Balaban J connectivity index is 1.87. The van der Waals surface area contributed by atoms with Crippen molar-refractivity contribution in [2.45, 2.75) is 13.1 Å². The Morgan fingerprint density at radius 2 is 2.21 bits per heavy atom. The molecule has 0 aliphatic carbocycles. The number of nitrogens with zero attached hydrogens (tertiary/aromatic N) is 3. The largest absolute Gasteiger partial charge is 0.332 e. The first-order valence-electron chi connectivity index (χ1n) is 5.89. The zero-order valence-corrected chi connectivity index (χ0v) is 12.9.